The van der Waals surface area contributed by atoms with Gasteiger partial charge in [0.15, 0.2) is 0 Å². The van der Waals surface area contributed by atoms with Crippen LogP contribution in [0, 0.1) is 0 Å². The zero-order valence-electron chi connectivity index (χ0n) is 12.6. The number of hydrogen-bond acceptors (Lipinski definition) is 3. The molecule has 1 aromatic heterocycles. The van der Waals surface area contributed by atoms with Gasteiger partial charge in [0.05, 0.1) is 23.1 Å². The highest BCUT2D eigenvalue weighted by atomic mass is 16.2. The fraction of sp³-hybridized carbons (Fsp3) is 0.500. The number of nitrogens with zero attached hydrogens (tertiary/aromatic N) is 2. The molecule has 112 valence electrons. The molecule has 1 amide bonds. The highest BCUT2D eigenvalue weighted by Gasteiger charge is 2.23. The van der Waals surface area contributed by atoms with Crippen molar-refractivity contribution in [2.75, 3.05) is 6.54 Å². The van der Waals surface area contributed by atoms with Crippen LogP contribution in [-0.4, -0.2) is 28.0 Å². The SMILES string of the molecule is CC(NC(=O)[C@H]1CCCCN1)c1nc2ccccc2n1C. The number of rotatable bonds is 3. The summed E-state index contributed by atoms with van der Waals surface area (Å²) in [7, 11) is 1.99. The summed E-state index contributed by atoms with van der Waals surface area (Å²) in [5.74, 6) is 0.967. The van der Waals surface area contributed by atoms with E-state index in [2.05, 4.69) is 20.2 Å². The van der Waals surface area contributed by atoms with Crippen molar-refractivity contribution in [2.24, 2.45) is 7.05 Å². The predicted molar refractivity (Wildman–Crippen MR) is 82.9 cm³/mol. The first-order valence-electron chi connectivity index (χ1n) is 7.62. The normalized spacial score (nSPS) is 20.4. The Bertz CT molecular complexity index is 643. The number of amides is 1. The van der Waals surface area contributed by atoms with Crippen LogP contribution in [0.5, 0.6) is 0 Å². The van der Waals surface area contributed by atoms with E-state index in [9.17, 15) is 4.79 Å². The summed E-state index contributed by atoms with van der Waals surface area (Å²) in [6.07, 6.45) is 3.19. The highest BCUT2D eigenvalue weighted by Crippen LogP contribution is 2.19. The summed E-state index contributed by atoms with van der Waals surface area (Å²) in [4.78, 5) is 16.9. The van der Waals surface area contributed by atoms with E-state index in [0.29, 0.717) is 0 Å². The number of para-hydroxylation sites is 2. The Morgan fingerprint density at radius 3 is 2.95 bits per heavy atom. The first-order valence-corrected chi connectivity index (χ1v) is 7.62. The van der Waals surface area contributed by atoms with E-state index in [0.717, 1.165) is 42.7 Å². The van der Waals surface area contributed by atoms with E-state index in [4.69, 9.17) is 0 Å². The molecule has 0 saturated carbocycles. The number of carbonyl (C=O) groups is 1. The molecule has 1 fully saturated rings. The first-order chi connectivity index (χ1) is 10.2. The third-order valence-corrected chi connectivity index (χ3v) is 4.19. The second kappa shape index (κ2) is 5.85. The van der Waals surface area contributed by atoms with Gasteiger partial charge in [-0.15, -0.1) is 0 Å². The van der Waals surface area contributed by atoms with E-state index in [1.807, 2.05) is 38.2 Å². The van der Waals surface area contributed by atoms with Crippen LogP contribution in [-0.2, 0) is 11.8 Å². The van der Waals surface area contributed by atoms with Gasteiger partial charge in [-0.1, -0.05) is 18.6 Å². The van der Waals surface area contributed by atoms with Crippen LogP contribution < -0.4 is 10.6 Å². The quantitative estimate of drug-likeness (QED) is 0.906. The molecule has 0 aliphatic carbocycles. The number of benzene rings is 1. The number of carbonyl (C=O) groups excluding carboxylic acids is 1. The van der Waals surface area contributed by atoms with Crippen molar-refractivity contribution < 1.29 is 4.79 Å². The molecule has 0 bridgehead atoms. The Kier molecular flexibility index (Phi) is 3.92. The highest BCUT2D eigenvalue weighted by molar-refractivity contribution is 5.82. The van der Waals surface area contributed by atoms with Crippen LogP contribution in [0.2, 0.25) is 0 Å². The molecule has 0 radical (unpaired) electrons. The number of piperidine rings is 1. The number of nitrogens with one attached hydrogen (secondary N) is 2. The van der Waals surface area contributed by atoms with E-state index < -0.39 is 0 Å². The maximum absolute atomic E-state index is 12.3. The van der Waals surface area contributed by atoms with E-state index >= 15 is 0 Å². The summed E-state index contributed by atoms with van der Waals surface area (Å²) in [6.45, 7) is 2.92. The summed E-state index contributed by atoms with van der Waals surface area (Å²) in [5, 5.41) is 6.36. The lowest BCUT2D eigenvalue weighted by Crippen LogP contribution is -2.47. The Morgan fingerprint density at radius 1 is 1.43 bits per heavy atom. The molecular formula is C16H22N4O. The molecule has 3 rings (SSSR count). The van der Waals surface area contributed by atoms with Crippen LogP contribution in [0.1, 0.15) is 38.1 Å². The molecule has 5 nitrogen and oxygen atoms in total. The third kappa shape index (κ3) is 2.78. The topological polar surface area (TPSA) is 59.0 Å². The minimum Gasteiger partial charge on any atom is -0.345 e. The first kappa shape index (κ1) is 14.1. The van der Waals surface area contributed by atoms with Crippen molar-refractivity contribution >= 4 is 16.9 Å². The summed E-state index contributed by atoms with van der Waals surface area (Å²) < 4.78 is 2.05. The zero-order valence-corrected chi connectivity index (χ0v) is 12.6. The molecule has 21 heavy (non-hydrogen) atoms. The monoisotopic (exact) mass is 286 g/mol. The number of imidazole rings is 1. The maximum Gasteiger partial charge on any atom is 0.237 e. The fourth-order valence-corrected chi connectivity index (χ4v) is 3.01. The van der Waals surface area contributed by atoms with Crippen molar-refractivity contribution in [3.8, 4) is 0 Å². The minimum absolute atomic E-state index is 0.0594. The average molecular weight is 286 g/mol. The molecule has 2 atom stereocenters. The summed E-state index contributed by atoms with van der Waals surface area (Å²) >= 11 is 0. The average Bonchev–Trinajstić information content (AvgIpc) is 2.86. The van der Waals surface area contributed by atoms with E-state index in [1.165, 1.54) is 0 Å². The van der Waals surface area contributed by atoms with Gasteiger partial charge in [0.25, 0.3) is 0 Å². The van der Waals surface area contributed by atoms with Gasteiger partial charge in [0.1, 0.15) is 5.82 Å². The van der Waals surface area contributed by atoms with Crippen molar-refractivity contribution in [3.63, 3.8) is 0 Å². The van der Waals surface area contributed by atoms with Gasteiger partial charge in [0, 0.05) is 7.05 Å². The second-order valence-electron chi connectivity index (χ2n) is 5.75. The van der Waals surface area contributed by atoms with Crippen molar-refractivity contribution in [3.05, 3.63) is 30.1 Å². The smallest absolute Gasteiger partial charge is 0.237 e. The summed E-state index contributed by atoms with van der Waals surface area (Å²) in [6, 6.07) is 7.87. The molecule has 1 aliphatic rings. The number of aromatic nitrogens is 2. The molecular weight excluding hydrogens is 264 g/mol. The van der Waals surface area contributed by atoms with Gasteiger partial charge in [0.2, 0.25) is 5.91 Å². The van der Waals surface area contributed by atoms with Gasteiger partial charge in [-0.2, -0.15) is 0 Å². The van der Waals surface area contributed by atoms with Gasteiger partial charge in [-0.3, -0.25) is 4.79 Å². The molecule has 2 N–H and O–H groups in total. The van der Waals surface area contributed by atoms with E-state index in [1.54, 1.807) is 0 Å². The maximum atomic E-state index is 12.3. The predicted octanol–water partition coefficient (Wildman–Crippen LogP) is 1.89. The van der Waals surface area contributed by atoms with Crippen LogP contribution >= 0.6 is 0 Å². The van der Waals surface area contributed by atoms with Crippen LogP contribution in [0.4, 0.5) is 0 Å². The van der Waals surface area contributed by atoms with Gasteiger partial charge < -0.3 is 15.2 Å². The van der Waals surface area contributed by atoms with Crippen molar-refractivity contribution in [1.29, 1.82) is 0 Å². The lowest BCUT2D eigenvalue weighted by molar-refractivity contribution is -0.124. The minimum atomic E-state index is -0.0985. The molecule has 2 aromatic rings. The Morgan fingerprint density at radius 2 is 2.24 bits per heavy atom. The van der Waals surface area contributed by atoms with Crippen LogP contribution in [0.3, 0.4) is 0 Å². The molecule has 5 heteroatoms. The Labute approximate surface area is 124 Å². The molecule has 1 saturated heterocycles. The summed E-state index contributed by atoms with van der Waals surface area (Å²) in [5.41, 5.74) is 2.05. The lowest BCUT2D eigenvalue weighted by atomic mass is 10.0. The molecule has 2 heterocycles. The lowest BCUT2D eigenvalue weighted by Gasteiger charge is -2.24. The standard InChI is InChI=1S/C16H22N4O/c1-11(18-16(21)13-8-5-6-10-17-13)15-19-12-7-3-4-9-14(12)20(15)2/h3-4,7,9,11,13,17H,5-6,8,10H2,1-2H3,(H,18,21)/t11?,13-/m1/s1. The van der Waals surface area contributed by atoms with Gasteiger partial charge in [-0.05, 0) is 38.4 Å². The van der Waals surface area contributed by atoms with E-state index in [-0.39, 0.29) is 18.0 Å². The van der Waals surface area contributed by atoms with Gasteiger partial charge >= 0.3 is 0 Å². The van der Waals surface area contributed by atoms with Crippen LogP contribution in [0.15, 0.2) is 24.3 Å². The number of hydrogen-bond donors (Lipinski definition) is 2. The second-order valence-corrected chi connectivity index (χ2v) is 5.75. The largest absolute Gasteiger partial charge is 0.345 e. The Balaban J connectivity index is 1.75. The Hall–Kier alpha value is -1.88. The zero-order chi connectivity index (χ0) is 14.8. The molecule has 0 spiro atoms. The molecule has 1 aliphatic heterocycles. The number of aryl methyl sites for hydroxylation is 1. The van der Waals surface area contributed by atoms with Crippen molar-refractivity contribution in [2.45, 2.75) is 38.3 Å². The fourth-order valence-electron chi connectivity index (χ4n) is 3.01. The van der Waals surface area contributed by atoms with Crippen LogP contribution in [0.25, 0.3) is 11.0 Å². The number of fused-ring (bicyclic) bond motifs is 1. The van der Waals surface area contributed by atoms with Gasteiger partial charge in [-0.25, -0.2) is 4.98 Å². The molecule has 1 aromatic carbocycles. The third-order valence-electron chi connectivity index (χ3n) is 4.19. The molecule has 1 unspecified atom stereocenters. The van der Waals surface area contributed by atoms with Crippen molar-refractivity contribution in [1.82, 2.24) is 20.2 Å².